The van der Waals surface area contributed by atoms with Crippen molar-refractivity contribution in [2.24, 2.45) is 5.92 Å². The van der Waals surface area contributed by atoms with Crippen LogP contribution in [0.2, 0.25) is 0 Å². The number of aryl methyl sites for hydroxylation is 1. The molecular formula is C12H18BrNO. The Balaban J connectivity index is 2.75. The molecular weight excluding hydrogens is 254 g/mol. The second-order valence-corrected chi connectivity index (χ2v) is 5.00. The van der Waals surface area contributed by atoms with Crippen molar-refractivity contribution in [1.29, 1.82) is 0 Å². The van der Waals surface area contributed by atoms with Gasteiger partial charge in [0.05, 0.1) is 12.6 Å². The number of aliphatic hydroxyl groups excluding tert-OH is 1. The van der Waals surface area contributed by atoms with E-state index in [-0.39, 0.29) is 12.6 Å². The molecule has 0 radical (unpaired) electrons. The predicted molar refractivity (Wildman–Crippen MR) is 68.2 cm³/mol. The van der Waals surface area contributed by atoms with Crippen LogP contribution < -0.4 is 5.32 Å². The third-order valence-corrected chi connectivity index (χ3v) is 3.38. The highest BCUT2D eigenvalue weighted by atomic mass is 79.9. The second kappa shape index (κ2) is 5.52. The van der Waals surface area contributed by atoms with Gasteiger partial charge in [-0.3, -0.25) is 0 Å². The molecule has 3 heteroatoms. The maximum Gasteiger partial charge on any atom is 0.0635 e. The molecule has 1 atom stereocenters. The smallest absolute Gasteiger partial charge is 0.0635 e. The van der Waals surface area contributed by atoms with Crippen LogP contribution in [-0.2, 0) is 0 Å². The molecule has 0 aromatic heterocycles. The molecule has 0 fully saturated rings. The zero-order chi connectivity index (χ0) is 11.4. The lowest BCUT2D eigenvalue weighted by atomic mass is 10.1. The molecule has 0 aliphatic rings. The molecule has 1 rings (SSSR count). The van der Waals surface area contributed by atoms with Crippen LogP contribution in [0.4, 0.5) is 5.69 Å². The predicted octanol–water partition coefficient (Wildman–Crippen LogP) is 3.19. The van der Waals surface area contributed by atoms with Crippen molar-refractivity contribution < 1.29 is 5.11 Å². The SMILES string of the molecule is Cc1ccc(NC(CO)C(C)C)cc1Br. The normalized spacial score (nSPS) is 12.9. The van der Waals surface area contributed by atoms with E-state index in [4.69, 9.17) is 0 Å². The first kappa shape index (κ1) is 12.5. The maximum atomic E-state index is 9.21. The van der Waals surface area contributed by atoms with Crippen LogP contribution in [0, 0.1) is 12.8 Å². The van der Waals surface area contributed by atoms with Crippen LogP contribution in [0.5, 0.6) is 0 Å². The van der Waals surface area contributed by atoms with E-state index in [2.05, 4.69) is 48.1 Å². The fourth-order valence-electron chi connectivity index (χ4n) is 1.32. The molecule has 1 aromatic rings. The highest BCUT2D eigenvalue weighted by molar-refractivity contribution is 9.10. The van der Waals surface area contributed by atoms with E-state index < -0.39 is 0 Å². The summed E-state index contributed by atoms with van der Waals surface area (Å²) in [7, 11) is 0. The molecule has 0 bridgehead atoms. The quantitative estimate of drug-likeness (QED) is 0.882. The molecule has 15 heavy (non-hydrogen) atoms. The van der Waals surface area contributed by atoms with Crippen molar-refractivity contribution in [3.63, 3.8) is 0 Å². The minimum Gasteiger partial charge on any atom is -0.394 e. The Hall–Kier alpha value is -0.540. The lowest BCUT2D eigenvalue weighted by Crippen LogP contribution is -2.29. The summed E-state index contributed by atoms with van der Waals surface area (Å²) < 4.78 is 1.09. The average Bonchev–Trinajstić information content (AvgIpc) is 2.19. The van der Waals surface area contributed by atoms with Gasteiger partial charge < -0.3 is 10.4 Å². The minimum atomic E-state index is 0.111. The van der Waals surface area contributed by atoms with Gasteiger partial charge in [0.25, 0.3) is 0 Å². The first-order valence-corrected chi connectivity index (χ1v) is 5.97. The first-order valence-electron chi connectivity index (χ1n) is 5.18. The summed E-state index contributed by atoms with van der Waals surface area (Å²) in [6, 6.07) is 6.24. The van der Waals surface area contributed by atoms with Gasteiger partial charge >= 0.3 is 0 Å². The highest BCUT2D eigenvalue weighted by Crippen LogP contribution is 2.21. The lowest BCUT2D eigenvalue weighted by Gasteiger charge is -2.21. The zero-order valence-corrected chi connectivity index (χ0v) is 11.0. The summed E-state index contributed by atoms with van der Waals surface area (Å²) in [6.45, 7) is 6.40. The van der Waals surface area contributed by atoms with Gasteiger partial charge in [-0.15, -0.1) is 0 Å². The van der Waals surface area contributed by atoms with E-state index in [1.807, 2.05) is 12.1 Å². The summed E-state index contributed by atoms with van der Waals surface area (Å²) in [5.74, 6) is 0.412. The van der Waals surface area contributed by atoms with Crippen molar-refractivity contribution >= 4 is 21.6 Å². The van der Waals surface area contributed by atoms with Gasteiger partial charge in [0.2, 0.25) is 0 Å². The van der Waals surface area contributed by atoms with Crippen LogP contribution >= 0.6 is 15.9 Å². The van der Waals surface area contributed by atoms with E-state index >= 15 is 0 Å². The van der Waals surface area contributed by atoms with Crippen LogP contribution in [0.15, 0.2) is 22.7 Å². The van der Waals surface area contributed by atoms with E-state index in [0.29, 0.717) is 5.92 Å². The number of rotatable bonds is 4. The van der Waals surface area contributed by atoms with Crippen LogP contribution in [0.1, 0.15) is 19.4 Å². The first-order chi connectivity index (χ1) is 7.04. The van der Waals surface area contributed by atoms with Crippen molar-refractivity contribution in [3.05, 3.63) is 28.2 Å². The van der Waals surface area contributed by atoms with Crippen molar-refractivity contribution in [2.75, 3.05) is 11.9 Å². The second-order valence-electron chi connectivity index (χ2n) is 4.14. The molecule has 1 aromatic carbocycles. The van der Waals surface area contributed by atoms with Gasteiger partial charge in [0.1, 0.15) is 0 Å². The van der Waals surface area contributed by atoms with Crippen LogP contribution in [0.25, 0.3) is 0 Å². The molecule has 84 valence electrons. The molecule has 0 aliphatic heterocycles. The summed E-state index contributed by atoms with van der Waals surface area (Å²) in [5.41, 5.74) is 2.26. The number of nitrogens with one attached hydrogen (secondary N) is 1. The summed E-state index contributed by atoms with van der Waals surface area (Å²) in [6.07, 6.45) is 0. The monoisotopic (exact) mass is 271 g/mol. The Labute approximate surface area is 99.8 Å². The molecule has 0 amide bonds. The number of hydrogen-bond donors (Lipinski definition) is 2. The van der Waals surface area contributed by atoms with Crippen molar-refractivity contribution in [1.82, 2.24) is 0 Å². The van der Waals surface area contributed by atoms with E-state index in [1.54, 1.807) is 0 Å². The highest BCUT2D eigenvalue weighted by Gasteiger charge is 2.11. The minimum absolute atomic E-state index is 0.111. The third kappa shape index (κ3) is 3.50. The summed E-state index contributed by atoms with van der Waals surface area (Å²) in [4.78, 5) is 0. The standard InChI is InChI=1S/C12H18BrNO/c1-8(2)12(7-15)14-10-5-4-9(3)11(13)6-10/h4-6,8,12,14-15H,7H2,1-3H3. The molecule has 0 heterocycles. The molecule has 0 saturated carbocycles. The summed E-state index contributed by atoms with van der Waals surface area (Å²) in [5, 5.41) is 12.5. The third-order valence-electron chi connectivity index (χ3n) is 2.53. The molecule has 2 N–H and O–H groups in total. The number of aliphatic hydroxyl groups is 1. The molecule has 2 nitrogen and oxygen atoms in total. The Kier molecular flexibility index (Phi) is 4.61. The maximum absolute atomic E-state index is 9.21. The van der Waals surface area contributed by atoms with E-state index in [9.17, 15) is 5.11 Å². The summed E-state index contributed by atoms with van der Waals surface area (Å²) >= 11 is 3.49. The van der Waals surface area contributed by atoms with Crippen molar-refractivity contribution in [3.8, 4) is 0 Å². The van der Waals surface area contributed by atoms with E-state index in [1.165, 1.54) is 5.56 Å². The molecule has 0 aliphatic carbocycles. The van der Waals surface area contributed by atoms with Gasteiger partial charge in [0.15, 0.2) is 0 Å². The molecule has 0 spiro atoms. The van der Waals surface area contributed by atoms with Gasteiger partial charge in [-0.1, -0.05) is 35.8 Å². The van der Waals surface area contributed by atoms with Crippen molar-refractivity contribution in [2.45, 2.75) is 26.8 Å². The Morgan fingerprint density at radius 3 is 2.53 bits per heavy atom. The Morgan fingerprint density at radius 2 is 2.07 bits per heavy atom. The largest absolute Gasteiger partial charge is 0.394 e. The lowest BCUT2D eigenvalue weighted by molar-refractivity contribution is 0.249. The number of halogens is 1. The molecule has 1 unspecified atom stereocenters. The fraction of sp³-hybridized carbons (Fsp3) is 0.500. The van der Waals surface area contributed by atoms with Gasteiger partial charge in [-0.05, 0) is 30.5 Å². The number of benzene rings is 1. The number of anilines is 1. The Bertz CT molecular complexity index is 325. The average molecular weight is 272 g/mol. The van der Waals surface area contributed by atoms with Crippen LogP contribution in [0.3, 0.4) is 0 Å². The van der Waals surface area contributed by atoms with E-state index in [0.717, 1.165) is 10.2 Å². The zero-order valence-electron chi connectivity index (χ0n) is 9.42. The van der Waals surface area contributed by atoms with Gasteiger partial charge in [-0.25, -0.2) is 0 Å². The Morgan fingerprint density at radius 1 is 1.40 bits per heavy atom. The van der Waals surface area contributed by atoms with Gasteiger partial charge in [-0.2, -0.15) is 0 Å². The number of hydrogen-bond acceptors (Lipinski definition) is 2. The van der Waals surface area contributed by atoms with Crippen LogP contribution in [-0.4, -0.2) is 17.8 Å². The van der Waals surface area contributed by atoms with Gasteiger partial charge in [0, 0.05) is 10.2 Å². The fourth-order valence-corrected chi connectivity index (χ4v) is 1.70. The topological polar surface area (TPSA) is 32.3 Å². The molecule has 0 saturated heterocycles.